The largest absolute Gasteiger partial charge is 0.497 e. The molecule has 0 aromatic heterocycles. The van der Waals surface area contributed by atoms with Gasteiger partial charge in [-0.25, -0.2) is 0 Å². The number of aryl methyl sites for hydroxylation is 1. The maximum Gasteiger partial charge on any atom is 0.118 e. The lowest BCUT2D eigenvalue weighted by Crippen LogP contribution is -2.18. The van der Waals surface area contributed by atoms with E-state index in [9.17, 15) is 0 Å². The van der Waals surface area contributed by atoms with Crippen LogP contribution in [0.25, 0.3) is 0 Å². The van der Waals surface area contributed by atoms with Crippen molar-refractivity contribution in [1.29, 1.82) is 0 Å². The van der Waals surface area contributed by atoms with Crippen LogP contribution in [-0.4, -0.2) is 7.11 Å². The van der Waals surface area contributed by atoms with E-state index in [1.807, 2.05) is 12.1 Å². The van der Waals surface area contributed by atoms with Gasteiger partial charge in [0.05, 0.1) is 18.8 Å². The lowest BCUT2D eigenvalue weighted by Gasteiger charge is -2.29. The summed E-state index contributed by atoms with van der Waals surface area (Å²) in [5.41, 5.74) is 5.38. The third-order valence-electron chi connectivity index (χ3n) is 4.40. The van der Waals surface area contributed by atoms with Gasteiger partial charge in [0.15, 0.2) is 0 Å². The van der Waals surface area contributed by atoms with E-state index in [2.05, 4.69) is 59.4 Å². The molecule has 22 heavy (non-hydrogen) atoms. The van der Waals surface area contributed by atoms with Crippen LogP contribution in [-0.2, 0) is 6.42 Å². The Morgan fingerprint density at radius 3 is 2.55 bits per heavy atom. The Morgan fingerprint density at radius 2 is 1.91 bits per heavy atom. The third kappa shape index (κ3) is 3.00. The van der Waals surface area contributed by atoms with Gasteiger partial charge < -0.3 is 10.1 Å². The van der Waals surface area contributed by atoms with Gasteiger partial charge in [-0.05, 0) is 69.6 Å². The Kier molecular flexibility index (Phi) is 4.44. The summed E-state index contributed by atoms with van der Waals surface area (Å²) < 4.78 is 6.41. The summed E-state index contributed by atoms with van der Waals surface area (Å²) in [5, 5.41) is 3.70. The van der Waals surface area contributed by atoms with Crippen LogP contribution in [0.3, 0.4) is 0 Å². The minimum Gasteiger partial charge on any atom is -0.497 e. The Balaban J connectivity index is 1.87. The fraction of sp³-hybridized carbons (Fsp3) is 0.368. The Bertz CT molecular complexity index is 664. The Hall–Kier alpha value is -1.48. The summed E-state index contributed by atoms with van der Waals surface area (Å²) in [4.78, 5) is 0. The van der Waals surface area contributed by atoms with Crippen molar-refractivity contribution >= 4 is 21.6 Å². The van der Waals surface area contributed by atoms with Crippen LogP contribution in [0, 0.1) is 0 Å². The summed E-state index contributed by atoms with van der Waals surface area (Å²) in [6.45, 7) is 4.48. The maximum absolute atomic E-state index is 5.24. The van der Waals surface area contributed by atoms with Gasteiger partial charge in [0, 0.05) is 4.47 Å². The fourth-order valence-electron chi connectivity index (χ4n) is 3.01. The normalized spacial score (nSPS) is 17.0. The van der Waals surface area contributed by atoms with Crippen LogP contribution in [0.15, 0.2) is 40.9 Å². The molecule has 0 radical (unpaired) electrons. The van der Waals surface area contributed by atoms with Crippen molar-refractivity contribution in [3.63, 3.8) is 0 Å². The molecule has 2 aromatic rings. The molecule has 3 heteroatoms. The van der Waals surface area contributed by atoms with E-state index in [0.29, 0.717) is 12.0 Å². The summed E-state index contributed by atoms with van der Waals surface area (Å²) >= 11 is 3.74. The quantitative estimate of drug-likeness (QED) is 0.760. The molecule has 2 aromatic carbocycles. The minimum atomic E-state index is 0.361. The highest BCUT2D eigenvalue weighted by molar-refractivity contribution is 9.10. The molecule has 3 rings (SSSR count). The molecule has 0 amide bonds. The second-order valence-corrected chi connectivity index (χ2v) is 7.05. The van der Waals surface area contributed by atoms with Gasteiger partial charge in [0.25, 0.3) is 0 Å². The van der Waals surface area contributed by atoms with Crippen molar-refractivity contribution in [3.05, 3.63) is 57.6 Å². The zero-order valence-electron chi connectivity index (χ0n) is 13.3. The summed E-state index contributed by atoms with van der Waals surface area (Å²) in [6, 6.07) is 13.3. The van der Waals surface area contributed by atoms with E-state index in [4.69, 9.17) is 4.74 Å². The number of methoxy groups -OCH3 is 1. The van der Waals surface area contributed by atoms with E-state index in [1.165, 1.54) is 26.9 Å². The minimum absolute atomic E-state index is 0.361. The van der Waals surface area contributed by atoms with Gasteiger partial charge >= 0.3 is 0 Å². The molecule has 0 aliphatic carbocycles. The highest BCUT2D eigenvalue weighted by Crippen LogP contribution is 2.39. The van der Waals surface area contributed by atoms with Gasteiger partial charge in [-0.15, -0.1) is 0 Å². The predicted molar refractivity (Wildman–Crippen MR) is 95.9 cm³/mol. The first kappa shape index (κ1) is 15.4. The first-order valence-electron chi connectivity index (χ1n) is 7.81. The van der Waals surface area contributed by atoms with Gasteiger partial charge in [0.1, 0.15) is 5.75 Å². The molecular weight excluding hydrogens is 338 g/mol. The molecule has 1 aliphatic rings. The van der Waals surface area contributed by atoms with Gasteiger partial charge in [-0.2, -0.15) is 0 Å². The number of rotatable bonds is 3. The second kappa shape index (κ2) is 6.33. The lowest BCUT2D eigenvalue weighted by molar-refractivity contribution is 0.414. The average Bonchev–Trinajstić information content (AvgIpc) is 2.54. The van der Waals surface area contributed by atoms with Crippen molar-refractivity contribution in [3.8, 4) is 5.75 Å². The van der Waals surface area contributed by atoms with Crippen LogP contribution in [0.5, 0.6) is 5.75 Å². The van der Waals surface area contributed by atoms with Crippen molar-refractivity contribution < 1.29 is 4.74 Å². The van der Waals surface area contributed by atoms with Gasteiger partial charge in [-0.3, -0.25) is 0 Å². The van der Waals surface area contributed by atoms with E-state index in [0.717, 1.165) is 18.6 Å². The topological polar surface area (TPSA) is 21.3 Å². The monoisotopic (exact) mass is 359 g/mol. The zero-order chi connectivity index (χ0) is 15.7. The molecule has 1 unspecified atom stereocenters. The Morgan fingerprint density at radius 1 is 1.18 bits per heavy atom. The van der Waals surface area contributed by atoms with Gasteiger partial charge in [-0.1, -0.05) is 32.0 Å². The molecule has 0 saturated heterocycles. The van der Waals surface area contributed by atoms with E-state index in [1.54, 1.807) is 7.11 Å². The molecule has 116 valence electrons. The van der Waals surface area contributed by atoms with Crippen molar-refractivity contribution in [2.24, 2.45) is 0 Å². The third-order valence-corrected chi connectivity index (χ3v) is 5.03. The number of ether oxygens (including phenoxy) is 1. The predicted octanol–water partition coefficient (Wildman–Crippen LogP) is 5.68. The SMILES string of the molecule is COc1ccc(C2CCc3cc(C(C)C)cc(Br)c3N2)cc1. The molecule has 1 aliphatic heterocycles. The lowest BCUT2D eigenvalue weighted by atomic mass is 9.90. The standard InChI is InChI=1S/C19H22BrNO/c1-12(2)15-10-14-6-9-18(21-19(14)17(20)11-15)13-4-7-16(22-3)8-5-13/h4-5,7-8,10-12,18,21H,6,9H2,1-3H3. The average molecular weight is 360 g/mol. The zero-order valence-corrected chi connectivity index (χ0v) is 14.9. The van der Waals surface area contributed by atoms with Crippen molar-refractivity contribution in [2.75, 3.05) is 12.4 Å². The van der Waals surface area contributed by atoms with E-state index >= 15 is 0 Å². The fourth-order valence-corrected chi connectivity index (χ4v) is 3.64. The molecule has 1 atom stereocenters. The molecule has 0 fully saturated rings. The van der Waals surface area contributed by atoms with E-state index < -0.39 is 0 Å². The van der Waals surface area contributed by atoms with Crippen LogP contribution >= 0.6 is 15.9 Å². The van der Waals surface area contributed by atoms with Crippen molar-refractivity contribution in [2.45, 2.75) is 38.6 Å². The van der Waals surface area contributed by atoms with Gasteiger partial charge in [0.2, 0.25) is 0 Å². The molecule has 1 heterocycles. The van der Waals surface area contributed by atoms with Crippen LogP contribution in [0.2, 0.25) is 0 Å². The molecule has 0 spiro atoms. The van der Waals surface area contributed by atoms with Crippen molar-refractivity contribution in [1.82, 2.24) is 0 Å². The molecule has 1 N–H and O–H groups in total. The number of hydrogen-bond acceptors (Lipinski definition) is 2. The van der Waals surface area contributed by atoms with Crippen LogP contribution < -0.4 is 10.1 Å². The number of hydrogen-bond donors (Lipinski definition) is 1. The number of fused-ring (bicyclic) bond motifs is 1. The molecule has 0 bridgehead atoms. The van der Waals surface area contributed by atoms with Crippen LogP contribution in [0.4, 0.5) is 5.69 Å². The molecule has 0 saturated carbocycles. The summed E-state index contributed by atoms with van der Waals surface area (Å²) in [5.74, 6) is 1.46. The first-order chi connectivity index (χ1) is 10.6. The summed E-state index contributed by atoms with van der Waals surface area (Å²) in [7, 11) is 1.70. The van der Waals surface area contributed by atoms with Crippen LogP contribution in [0.1, 0.15) is 48.9 Å². The Labute approximate surface area is 141 Å². The number of anilines is 1. The number of halogens is 1. The highest BCUT2D eigenvalue weighted by atomic mass is 79.9. The number of benzene rings is 2. The van der Waals surface area contributed by atoms with E-state index in [-0.39, 0.29) is 0 Å². The maximum atomic E-state index is 5.24. The smallest absolute Gasteiger partial charge is 0.118 e. The summed E-state index contributed by atoms with van der Waals surface area (Å²) in [6.07, 6.45) is 2.23. The molecular formula is C19H22BrNO. The molecule has 2 nitrogen and oxygen atoms in total. The number of nitrogens with one attached hydrogen (secondary N) is 1. The first-order valence-corrected chi connectivity index (χ1v) is 8.60. The highest BCUT2D eigenvalue weighted by Gasteiger charge is 2.22. The second-order valence-electron chi connectivity index (χ2n) is 6.20.